The Morgan fingerprint density at radius 1 is 1.20 bits per heavy atom. The molecule has 2 rings (SSSR count). The maximum absolute atomic E-state index is 11.9. The Bertz CT molecular complexity index is 623. The third-order valence-corrected chi connectivity index (χ3v) is 4.82. The number of hydrogen-bond donors (Lipinski definition) is 1. The van der Waals surface area contributed by atoms with Gasteiger partial charge in [0, 0.05) is 11.5 Å². The summed E-state index contributed by atoms with van der Waals surface area (Å²) in [7, 11) is 0.695. The molecular formula is C17H26BNO6. The van der Waals surface area contributed by atoms with Crippen molar-refractivity contribution < 1.29 is 28.4 Å². The molecule has 0 aliphatic carbocycles. The summed E-state index contributed by atoms with van der Waals surface area (Å²) in [5.41, 5.74) is -0.0687. The average molecular weight is 351 g/mol. The summed E-state index contributed by atoms with van der Waals surface area (Å²) in [6.45, 7) is 9.81. The number of hydrogen-bond acceptors (Lipinski definition) is 6. The second-order valence-electron chi connectivity index (χ2n) is 7.06. The van der Waals surface area contributed by atoms with Crippen molar-refractivity contribution >= 4 is 19.1 Å². The number of esters is 2. The van der Waals surface area contributed by atoms with Crippen LogP contribution in [0, 0.1) is 0 Å². The molecule has 1 aliphatic heterocycles. The van der Waals surface area contributed by atoms with Crippen LogP contribution in [0.2, 0.25) is 0 Å². The number of aromatic nitrogens is 1. The summed E-state index contributed by atoms with van der Waals surface area (Å²) in [4.78, 5) is 26.8. The second-order valence-corrected chi connectivity index (χ2v) is 7.06. The van der Waals surface area contributed by atoms with E-state index in [9.17, 15) is 9.59 Å². The van der Waals surface area contributed by atoms with Gasteiger partial charge in [-0.3, -0.25) is 4.79 Å². The van der Waals surface area contributed by atoms with Crippen LogP contribution in [-0.2, 0) is 23.6 Å². The molecule has 1 aromatic rings. The van der Waals surface area contributed by atoms with Gasteiger partial charge in [-0.05, 0) is 46.8 Å². The first-order valence-electron chi connectivity index (χ1n) is 8.39. The smallest absolute Gasteiger partial charge is 0.467 e. The van der Waals surface area contributed by atoms with Crippen LogP contribution in [0.4, 0.5) is 0 Å². The van der Waals surface area contributed by atoms with E-state index in [2.05, 4.69) is 4.98 Å². The van der Waals surface area contributed by atoms with Gasteiger partial charge in [-0.2, -0.15) is 0 Å². The second kappa shape index (κ2) is 7.21. The summed E-state index contributed by atoms with van der Waals surface area (Å²) in [6, 6.07) is 3.37. The Hall–Kier alpha value is -1.80. The highest BCUT2D eigenvalue weighted by molar-refractivity contribution is 6.48. The number of nitrogens with one attached hydrogen (secondary N) is 1. The molecule has 1 unspecified atom stereocenters. The fourth-order valence-electron chi connectivity index (χ4n) is 2.62. The van der Waals surface area contributed by atoms with Gasteiger partial charge >= 0.3 is 19.1 Å². The number of ether oxygens (including phenoxy) is 2. The van der Waals surface area contributed by atoms with Gasteiger partial charge in [0.2, 0.25) is 0 Å². The van der Waals surface area contributed by atoms with Gasteiger partial charge in [0.25, 0.3) is 0 Å². The highest BCUT2D eigenvalue weighted by Gasteiger charge is 2.54. The van der Waals surface area contributed by atoms with Gasteiger partial charge in [-0.25, -0.2) is 4.79 Å². The van der Waals surface area contributed by atoms with Crippen molar-refractivity contribution in [2.45, 2.75) is 58.1 Å². The summed E-state index contributed by atoms with van der Waals surface area (Å²) < 4.78 is 21.9. The molecule has 0 spiro atoms. The molecule has 1 aliphatic rings. The van der Waals surface area contributed by atoms with Gasteiger partial charge in [-0.15, -0.1) is 0 Å². The quantitative estimate of drug-likeness (QED) is 0.626. The molecule has 2 heterocycles. The zero-order valence-corrected chi connectivity index (χ0v) is 15.7. The SMILES string of the molecule is CCOC(=O)c1ccc(C(CC(=O)OC)B2OC(C)(C)C(C)(C)O2)[nH]1. The zero-order chi connectivity index (χ0) is 18.8. The minimum absolute atomic E-state index is 0.0656. The lowest BCUT2D eigenvalue weighted by atomic mass is 9.68. The summed E-state index contributed by atoms with van der Waals surface area (Å²) >= 11 is 0. The van der Waals surface area contributed by atoms with Crippen molar-refractivity contribution in [2.24, 2.45) is 0 Å². The van der Waals surface area contributed by atoms with Gasteiger partial charge in [0.15, 0.2) is 0 Å². The summed E-state index contributed by atoms with van der Waals surface area (Å²) in [5.74, 6) is -1.26. The van der Waals surface area contributed by atoms with Crippen LogP contribution in [0.15, 0.2) is 12.1 Å². The molecule has 7 nitrogen and oxygen atoms in total. The van der Waals surface area contributed by atoms with Crippen LogP contribution < -0.4 is 0 Å². The van der Waals surface area contributed by atoms with Gasteiger partial charge in [0.1, 0.15) is 5.69 Å². The predicted molar refractivity (Wildman–Crippen MR) is 92.2 cm³/mol. The molecule has 0 saturated carbocycles. The molecule has 0 bridgehead atoms. The van der Waals surface area contributed by atoms with Crippen molar-refractivity contribution in [3.8, 4) is 0 Å². The van der Waals surface area contributed by atoms with Crippen molar-refractivity contribution in [1.29, 1.82) is 0 Å². The molecule has 138 valence electrons. The molecule has 1 fully saturated rings. The van der Waals surface area contributed by atoms with E-state index >= 15 is 0 Å². The van der Waals surface area contributed by atoms with E-state index in [1.54, 1.807) is 19.1 Å². The van der Waals surface area contributed by atoms with E-state index < -0.39 is 30.1 Å². The third-order valence-electron chi connectivity index (χ3n) is 4.82. The van der Waals surface area contributed by atoms with Crippen molar-refractivity contribution in [1.82, 2.24) is 4.98 Å². The van der Waals surface area contributed by atoms with Crippen LogP contribution in [0.5, 0.6) is 0 Å². The highest BCUT2D eigenvalue weighted by Crippen LogP contribution is 2.41. The van der Waals surface area contributed by atoms with Crippen molar-refractivity contribution in [2.75, 3.05) is 13.7 Å². The van der Waals surface area contributed by atoms with Gasteiger partial charge in [0.05, 0.1) is 31.3 Å². The molecule has 1 aromatic heterocycles. The molecule has 25 heavy (non-hydrogen) atoms. The molecule has 8 heteroatoms. The Kier molecular flexibility index (Phi) is 5.63. The van der Waals surface area contributed by atoms with Crippen LogP contribution in [0.25, 0.3) is 0 Å². The van der Waals surface area contributed by atoms with Crippen LogP contribution in [0.1, 0.15) is 63.0 Å². The fraction of sp³-hybridized carbons (Fsp3) is 0.647. The number of H-pyrrole nitrogens is 1. The maximum atomic E-state index is 11.9. The molecule has 0 radical (unpaired) electrons. The average Bonchev–Trinajstić information content (AvgIpc) is 3.08. The van der Waals surface area contributed by atoms with E-state index in [0.717, 1.165) is 0 Å². The fourth-order valence-corrected chi connectivity index (χ4v) is 2.62. The van der Waals surface area contributed by atoms with Crippen LogP contribution in [0.3, 0.4) is 0 Å². The Balaban J connectivity index is 2.28. The summed E-state index contributed by atoms with van der Waals surface area (Å²) in [5, 5.41) is 0. The molecular weight excluding hydrogens is 325 g/mol. The predicted octanol–water partition coefficient (Wildman–Crippen LogP) is 2.47. The number of aromatic amines is 1. The standard InChI is InChI=1S/C17H26BNO6/c1-7-23-15(21)13-9-8-12(19-13)11(10-14(20)22-6)18-24-16(2,3)17(4,5)25-18/h8-9,11,19H,7,10H2,1-6H3. The number of methoxy groups -OCH3 is 1. The normalized spacial score (nSPS) is 19.5. The lowest BCUT2D eigenvalue weighted by Gasteiger charge is -2.32. The first-order chi connectivity index (χ1) is 11.6. The Morgan fingerprint density at radius 3 is 2.32 bits per heavy atom. The monoisotopic (exact) mass is 351 g/mol. The van der Waals surface area contributed by atoms with Gasteiger partial charge in [-0.1, -0.05) is 0 Å². The largest absolute Gasteiger partial charge is 0.469 e. The Morgan fingerprint density at radius 2 is 1.80 bits per heavy atom. The first-order valence-corrected chi connectivity index (χ1v) is 8.39. The minimum Gasteiger partial charge on any atom is -0.469 e. The van der Waals surface area contributed by atoms with E-state index in [1.807, 2.05) is 27.7 Å². The lowest BCUT2D eigenvalue weighted by molar-refractivity contribution is -0.140. The molecule has 0 amide bonds. The van der Waals surface area contributed by atoms with E-state index in [0.29, 0.717) is 11.4 Å². The van der Waals surface area contributed by atoms with Crippen molar-refractivity contribution in [3.05, 3.63) is 23.5 Å². The van der Waals surface area contributed by atoms with E-state index in [4.69, 9.17) is 18.8 Å². The van der Waals surface area contributed by atoms with Crippen LogP contribution >= 0.6 is 0 Å². The topological polar surface area (TPSA) is 86.9 Å². The number of rotatable bonds is 6. The van der Waals surface area contributed by atoms with E-state index in [-0.39, 0.29) is 19.0 Å². The Labute approximate surface area is 148 Å². The van der Waals surface area contributed by atoms with Crippen molar-refractivity contribution in [3.63, 3.8) is 0 Å². The minimum atomic E-state index is -0.641. The molecule has 0 aromatic carbocycles. The van der Waals surface area contributed by atoms with Gasteiger partial charge < -0.3 is 23.8 Å². The molecule has 1 atom stereocenters. The molecule has 1 saturated heterocycles. The number of carbonyl (C=O) groups excluding carboxylic acids is 2. The highest BCUT2D eigenvalue weighted by atomic mass is 16.7. The zero-order valence-electron chi connectivity index (χ0n) is 15.7. The third kappa shape index (κ3) is 4.07. The lowest BCUT2D eigenvalue weighted by Crippen LogP contribution is -2.41. The van der Waals surface area contributed by atoms with E-state index in [1.165, 1.54) is 7.11 Å². The number of carbonyl (C=O) groups is 2. The maximum Gasteiger partial charge on any atom is 0.467 e. The van der Waals surface area contributed by atoms with Crippen LogP contribution in [-0.4, -0.2) is 49.0 Å². The molecule has 1 N–H and O–H groups in total. The first kappa shape index (κ1) is 19.5. The summed E-state index contributed by atoms with van der Waals surface area (Å²) in [6.07, 6.45) is 0.0656.